The number of piperidine rings is 1. The van der Waals surface area contributed by atoms with Crippen molar-refractivity contribution in [1.29, 1.82) is 0 Å². The molecule has 0 spiro atoms. The lowest BCUT2D eigenvalue weighted by atomic mass is 10.1. The maximum absolute atomic E-state index is 12.7. The number of carbonyl (C=O) groups is 2. The first-order valence-electron chi connectivity index (χ1n) is 6.08. The number of thioether (sulfide) groups is 1. The lowest BCUT2D eigenvalue weighted by Gasteiger charge is -2.23. The first kappa shape index (κ1) is 13.9. The topological polar surface area (TPSA) is 58.2 Å². The van der Waals surface area contributed by atoms with Crippen LogP contribution in [0.1, 0.15) is 12.8 Å². The predicted molar refractivity (Wildman–Crippen MR) is 71.3 cm³/mol. The molecule has 0 aromatic heterocycles. The third-order valence-corrected chi connectivity index (χ3v) is 3.83. The second-order valence-electron chi connectivity index (χ2n) is 4.35. The van der Waals surface area contributed by atoms with Gasteiger partial charge in [0.25, 0.3) is 0 Å². The lowest BCUT2D eigenvalue weighted by Crippen LogP contribution is -2.48. The number of carbonyl (C=O) groups excluding carboxylic acids is 2. The Morgan fingerprint density at radius 3 is 2.79 bits per heavy atom. The van der Waals surface area contributed by atoms with E-state index in [0.29, 0.717) is 19.4 Å². The molecule has 1 unspecified atom stereocenters. The van der Waals surface area contributed by atoms with Crippen LogP contribution in [0.2, 0.25) is 0 Å². The fraction of sp³-hybridized carbons (Fsp3) is 0.385. The van der Waals surface area contributed by atoms with Crippen LogP contribution in [0.3, 0.4) is 0 Å². The van der Waals surface area contributed by atoms with E-state index in [9.17, 15) is 14.0 Å². The van der Waals surface area contributed by atoms with E-state index >= 15 is 0 Å². The Morgan fingerprint density at radius 2 is 2.16 bits per heavy atom. The van der Waals surface area contributed by atoms with Crippen LogP contribution in [-0.2, 0) is 9.59 Å². The highest BCUT2D eigenvalue weighted by molar-refractivity contribution is 8.00. The molecule has 2 N–H and O–H groups in total. The average molecular weight is 282 g/mol. The highest BCUT2D eigenvalue weighted by atomic mass is 32.2. The van der Waals surface area contributed by atoms with Gasteiger partial charge in [-0.2, -0.15) is 0 Å². The van der Waals surface area contributed by atoms with Crippen molar-refractivity contribution in [1.82, 2.24) is 10.6 Å². The highest BCUT2D eigenvalue weighted by Crippen LogP contribution is 2.17. The van der Waals surface area contributed by atoms with Crippen molar-refractivity contribution in [2.24, 2.45) is 0 Å². The molecular formula is C13H15FN2O2S. The molecule has 1 fully saturated rings. The molecule has 1 atom stereocenters. The molecule has 0 radical (unpaired) electrons. The summed E-state index contributed by atoms with van der Waals surface area (Å²) in [6.07, 6.45) is 1.13. The van der Waals surface area contributed by atoms with Crippen LogP contribution in [0.15, 0.2) is 29.2 Å². The molecule has 19 heavy (non-hydrogen) atoms. The SMILES string of the molecule is O=C1CCC(NC(=O)CSc2ccc(F)cc2)CN1. The Bertz CT molecular complexity index is 454. The molecule has 1 aliphatic heterocycles. The van der Waals surface area contributed by atoms with Gasteiger partial charge < -0.3 is 10.6 Å². The van der Waals surface area contributed by atoms with E-state index in [-0.39, 0.29) is 29.4 Å². The van der Waals surface area contributed by atoms with Crippen molar-refractivity contribution in [3.63, 3.8) is 0 Å². The van der Waals surface area contributed by atoms with Gasteiger partial charge in [-0.3, -0.25) is 9.59 Å². The lowest BCUT2D eigenvalue weighted by molar-refractivity contribution is -0.124. The largest absolute Gasteiger partial charge is 0.354 e. The Balaban J connectivity index is 1.72. The zero-order chi connectivity index (χ0) is 13.7. The molecular weight excluding hydrogens is 267 g/mol. The molecule has 0 saturated carbocycles. The van der Waals surface area contributed by atoms with Gasteiger partial charge in [-0.1, -0.05) is 0 Å². The van der Waals surface area contributed by atoms with Gasteiger partial charge in [0.15, 0.2) is 0 Å². The summed E-state index contributed by atoms with van der Waals surface area (Å²) >= 11 is 1.36. The fourth-order valence-corrected chi connectivity index (χ4v) is 2.51. The van der Waals surface area contributed by atoms with Crippen LogP contribution in [0.5, 0.6) is 0 Å². The molecule has 1 heterocycles. The Hall–Kier alpha value is -1.56. The van der Waals surface area contributed by atoms with Gasteiger partial charge in [-0.15, -0.1) is 11.8 Å². The summed E-state index contributed by atoms with van der Waals surface area (Å²) < 4.78 is 12.7. The quantitative estimate of drug-likeness (QED) is 0.819. The van der Waals surface area contributed by atoms with Gasteiger partial charge in [0.2, 0.25) is 11.8 Å². The van der Waals surface area contributed by atoms with E-state index < -0.39 is 0 Å². The number of rotatable bonds is 4. The van der Waals surface area contributed by atoms with E-state index in [1.807, 2.05) is 0 Å². The summed E-state index contributed by atoms with van der Waals surface area (Å²) in [5.41, 5.74) is 0. The summed E-state index contributed by atoms with van der Waals surface area (Å²) in [5, 5.41) is 5.59. The minimum Gasteiger partial charge on any atom is -0.354 e. The Labute approximate surface area is 115 Å². The second kappa shape index (κ2) is 6.56. The van der Waals surface area contributed by atoms with Crippen molar-refractivity contribution in [3.05, 3.63) is 30.1 Å². The van der Waals surface area contributed by atoms with Crippen molar-refractivity contribution in [3.8, 4) is 0 Å². The molecule has 6 heteroatoms. The number of nitrogens with one attached hydrogen (secondary N) is 2. The van der Waals surface area contributed by atoms with Crippen molar-refractivity contribution in [2.45, 2.75) is 23.8 Å². The summed E-state index contributed by atoms with van der Waals surface area (Å²) in [7, 11) is 0. The van der Waals surface area contributed by atoms with Crippen LogP contribution in [0.25, 0.3) is 0 Å². The van der Waals surface area contributed by atoms with Gasteiger partial charge >= 0.3 is 0 Å². The summed E-state index contributed by atoms with van der Waals surface area (Å²) in [6.45, 7) is 0.492. The Kier molecular flexibility index (Phi) is 4.79. The molecule has 1 aliphatic rings. The number of halogens is 1. The van der Waals surface area contributed by atoms with E-state index in [1.165, 1.54) is 23.9 Å². The number of benzene rings is 1. The highest BCUT2D eigenvalue weighted by Gasteiger charge is 2.19. The third kappa shape index (κ3) is 4.55. The zero-order valence-corrected chi connectivity index (χ0v) is 11.1. The van der Waals surface area contributed by atoms with Crippen molar-refractivity contribution < 1.29 is 14.0 Å². The van der Waals surface area contributed by atoms with E-state index in [1.54, 1.807) is 12.1 Å². The van der Waals surface area contributed by atoms with Crippen LogP contribution in [0, 0.1) is 5.82 Å². The minimum atomic E-state index is -0.285. The van der Waals surface area contributed by atoms with Crippen molar-refractivity contribution >= 4 is 23.6 Å². The van der Waals surface area contributed by atoms with E-state index in [4.69, 9.17) is 0 Å². The van der Waals surface area contributed by atoms with Crippen LogP contribution in [0.4, 0.5) is 4.39 Å². The number of hydrogen-bond acceptors (Lipinski definition) is 3. The number of amides is 2. The summed E-state index contributed by atoms with van der Waals surface area (Å²) in [6, 6.07) is 6.05. The van der Waals surface area contributed by atoms with Gasteiger partial charge in [-0.05, 0) is 30.7 Å². The first-order valence-corrected chi connectivity index (χ1v) is 7.06. The second-order valence-corrected chi connectivity index (χ2v) is 5.40. The van der Waals surface area contributed by atoms with Crippen molar-refractivity contribution in [2.75, 3.05) is 12.3 Å². The van der Waals surface area contributed by atoms with Gasteiger partial charge in [0.1, 0.15) is 5.82 Å². The van der Waals surface area contributed by atoms with Gasteiger partial charge in [0.05, 0.1) is 5.75 Å². The molecule has 1 saturated heterocycles. The number of hydrogen-bond donors (Lipinski definition) is 2. The van der Waals surface area contributed by atoms with Crippen LogP contribution >= 0.6 is 11.8 Å². The minimum absolute atomic E-state index is 0.0130. The summed E-state index contributed by atoms with van der Waals surface area (Å²) in [5.74, 6) is -0.0378. The molecule has 0 bridgehead atoms. The monoisotopic (exact) mass is 282 g/mol. The van der Waals surface area contributed by atoms with Gasteiger partial charge in [0, 0.05) is 23.9 Å². The average Bonchev–Trinajstić information content (AvgIpc) is 2.41. The van der Waals surface area contributed by atoms with Gasteiger partial charge in [-0.25, -0.2) is 4.39 Å². The maximum Gasteiger partial charge on any atom is 0.230 e. The van der Waals surface area contributed by atoms with E-state index in [0.717, 1.165) is 4.90 Å². The van der Waals surface area contributed by atoms with Crippen LogP contribution in [-0.4, -0.2) is 30.2 Å². The normalized spacial score (nSPS) is 18.8. The molecule has 102 valence electrons. The third-order valence-electron chi connectivity index (χ3n) is 2.81. The molecule has 1 aromatic rings. The maximum atomic E-state index is 12.7. The van der Waals surface area contributed by atoms with Crippen LogP contribution < -0.4 is 10.6 Å². The zero-order valence-electron chi connectivity index (χ0n) is 10.3. The predicted octanol–water partition coefficient (Wildman–Crippen LogP) is 1.31. The Morgan fingerprint density at radius 1 is 1.42 bits per heavy atom. The first-order chi connectivity index (χ1) is 9.13. The fourth-order valence-electron chi connectivity index (χ4n) is 1.81. The molecule has 0 aliphatic carbocycles. The molecule has 1 aromatic carbocycles. The summed E-state index contributed by atoms with van der Waals surface area (Å²) in [4.78, 5) is 23.5. The van der Waals surface area contributed by atoms with E-state index in [2.05, 4.69) is 10.6 Å². The molecule has 2 amide bonds. The standard InChI is InChI=1S/C13H15FN2O2S/c14-9-1-4-11(5-2-9)19-8-13(18)16-10-3-6-12(17)15-7-10/h1-2,4-5,10H,3,6-8H2,(H,15,17)(H,16,18). The molecule has 2 rings (SSSR count). The smallest absolute Gasteiger partial charge is 0.230 e. The molecule has 4 nitrogen and oxygen atoms in total.